The first-order chi connectivity index (χ1) is 8.47. The molecule has 4 nitrogen and oxygen atoms in total. The number of amidine groups is 1. The van der Waals surface area contributed by atoms with Crippen molar-refractivity contribution in [3.63, 3.8) is 0 Å². The van der Waals surface area contributed by atoms with Crippen LogP contribution in [-0.2, 0) is 16.9 Å². The van der Waals surface area contributed by atoms with Gasteiger partial charge >= 0.3 is 5.84 Å². The summed E-state index contributed by atoms with van der Waals surface area (Å²) >= 11 is 0. The molecule has 0 heterocycles. The highest BCUT2D eigenvalue weighted by atomic mass is 16.6. The lowest BCUT2D eigenvalue weighted by molar-refractivity contribution is 0.131. The standard InChI is InChI=1S/C14H15N3O/c1-14(2,3)12-7-5-11(6-8-12)10-18-17-13(9-15)16-4/h5-8H,10H2,1-3H3/b17-13+. The summed E-state index contributed by atoms with van der Waals surface area (Å²) in [5.74, 6) is -0.290. The average Bonchev–Trinajstić information content (AvgIpc) is 2.34. The largest absolute Gasteiger partial charge is 0.392 e. The van der Waals surface area contributed by atoms with E-state index < -0.39 is 0 Å². The third-order valence-electron chi connectivity index (χ3n) is 2.41. The molecule has 0 saturated carbocycles. The third kappa shape index (κ3) is 3.92. The van der Waals surface area contributed by atoms with Crippen LogP contribution in [0.25, 0.3) is 4.85 Å². The Morgan fingerprint density at radius 3 is 2.44 bits per heavy atom. The molecule has 0 atom stereocenters. The summed E-state index contributed by atoms with van der Waals surface area (Å²) in [6, 6.07) is 9.64. The smallest absolute Gasteiger partial charge is 0.348 e. The zero-order valence-electron chi connectivity index (χ0n) is 10.8. The molecule has 1 aromatic carbocycles. The Bertz CT molecular complexity index is 494. The molecular formula is C14H15N3O. The Morgan fingerprint density at radius 2 is 2.00 bits per heavy atom. The van der Waals surface area contributed by atoms with Crippen LogP contribution >= 0.6 is 0 Å². The van der Waals surface area contributed by atoms with Crippen molar-refractivity contribution < 1.29 is 4.84 Å². The van der Waals surface area contributed by atoms with E-state index in [-0.39, 0.29) is 17.9 Å². The lowest BCUT2D eigenvalue weighted by Gasteiger charge is -2.18. The van der Waals surface area contributed by atoms with Gasteiger partial charge in [-0.15, -0.1) is 0 Å². The minimum atomic E-state index is -0.290. The summed E-state index contributed by atoms with van der Waals surface area (Å²) in [5.41, 5.74) is 2.32. The van der Waals surface area contributed by atoms with Crippen LogP contribution in [-0.4, -0.2) is 5.84 Å². The van der Waals surface area contributed by atoms with Gasteiger partial charge in [0.1, 0.15) is 6.07 Å². The van der Waals surface area contributed by atoms with Gasteiger partial charge in [-0.05, 0) is 16.5 Å². The van der Waals surface area contributed by atoms with Crippen LogP contribution in [0.2, 0.25) is 0 Å². The summed E-state index contributed by atoms with van der Waals surface area (Å²) in [7, 11) is 0. The summed E-state index contributed by atoms with van der Waals surface area (Å²) in [6.07, 6.45) is 0. The molecule has 0 radical (unpaired) electrons. The van der Waals surface area contributed by atoms with Crippen molar-refractivity contribution in [1.82, 2.24) is 0 Å². The van der Waals surface area contributed by atoms with E-state index in [1.165, 1.54) is 5.56 Å². The Balaban J connectivity index is 2.64. The number of nitriles is 1. The van der Waals surface area contributed by atoms with E-state index in [2.05, 4.69) is 30.8 Å². The molecule has 92 valence electrons. The van der Waals surface area contributed by atoms with Gasteiger partial charge in [0.15, 0.2) is 6.61 Å². The summed E-state index contributed by atoms with van der Waals surface area (Å²) in [4.78, 5) is 7.84. The second kappa shape index (κ2) is 5.84. The number of hydrogen-bond acceptors (Lipinski definition) is 3. The molecule has 1 rings (SSSR count). The molecule has 0 amide bonds. The molecule has 0 spiro atoms. The number of hydrogen-bond donors (Lipinski definition) is 0. The number of oxime groups is 1. The second-order valence-electron chi connectivity index (χ2n) is 4.86. The molecule has 0 bridgehead atoms. The second-order valence-corrected chi connectivity index (χ2v) is 4.86. The van der Waals surface area contributed by atoms with Gasteiger partial charge in [0.05, 0.1) is 5.16 Å². The van der Waals surface area contributed by atoms with Gasteiger partial charge in [0.2, 0.25) is 0 Å². The van der Waals surface area contributed by atoms with Crippen molar-refractivity contribution in [1.29, 1.82) is 5.26 Å². The molecule has 0 aliphatic carbocycles. The van der Waals surface area contributed by atoms with Crippen molar-refractivity contribution in [2.75, 3.05) is 0 Å². The van der Waals surface area contributed by atoms with Crippen molar-refractivity contribution in [2.24, 2.45) is 5.16 Å². The van der Waals surface area contributed by atoms with E-state index in [1.807, 2.05) is 24.3 Å². The van der Waals surface area contributed by atoms with E-state index in [9.17, 15) is 0 Å². The van der Waals surface area contributed by atoms with Crippen LogP contribution in [0.3, 0.4) is 0 Å². The number of benzene rings is 1. The van der Waals surface area contributed by atoms with E-state index >= 15 is 0 Å². The zero-order valence-corrected chi connectivity index (χ0v) is 10.8. The third-order valence-corrected chi connectivity index (χ3v) is 2.41. The molecular weight excluding hydrogens is 226 g/mol. The number of nitrogens with zero attached hydrogens (tertiary/aromatic N) is 3. The maximum Gasteiger partial charge on any atom is 0.392 e. The average molecular weight is 241 g/mol. The predicted molar refractivity (Wildman–Crippen MR) is 69.6 cm³/mol. The monoisotopic (exact) mass is 241 g/mol. The lowest BCUT2D eigenvalue weighted by Crippen LogP contribution is -2.10. The van der Waals surface area contributed by atoms with Gasteiger partial charge < -0.3 is 9.68 Å². The van der Waals surface area contributed by atoms with Crippen molar-refractivity contribution >= 4 is 5.84 Å². The van der Waals surface area contributed by atoms with Crippen LogP contribution in [0.5, 0.6) is 0 Å². The Morgan fingerprint density at radius 1 is 1.39 bits per heavy atom. The quantitative estimate of drug-likeness (QED) is 0.353. The van der Waals surface area contributed by atoms with Crippen molar-refractivity contribution in [3.8, 4) is 6.07 Å². The molecule has 1 aromatic rings. The van der Waals surface area contributed by atoms with Gasteiger partial charge in [-0.25, -0.2) is 5.26 Å². The fourth-order valence-corrected chi connectivity index (χ4v) is 1.33. The first-order valence-corrected chi connectivity index (χ1v) is 5.54. The molecule has 0 N–H and O–H groups in total. The zero-order chi connectivity index (χ0) is 13.6. The highest BCUT2D eigenvalue weighted by Gasteiger charge is 2.12. The molecule has 0 aliphatic rings. The summed E-state index contributed by atoms with van der Waals surface area (Å²) < 4.78 is 0. The van der Waals surface area contributed by atoms with Crippen LogP contribution in [0.15, 0.2) is 29.4 Å². The number of rotatable bonds is 3. The maximum absolute atomic E-state index is 8.47. The van der Waals surface area contributed by atoms with Crippen LogP contribution < -0.4 is 0 Å². The van der Waals surface area contributed by atoms with Crippen molar-refractivity contribution in [3.05, 3.63) is 46.8 Å². The molecule has 0 fully saturated rings. The highest BCUT2D eigenvalue weighted by molar-refractivity contribution is 6.03. The lowest BCUT2D eigenvalue weighted by atomic mass is 9.87. The van der Waals surface area contributed by atoms with Gasteiger partial charge in [-0.1, -0.05) is 51.6 Å². The fraction of sp³-hybridized carbons (Fsp3) is 0.357. The van der Waals surface area contributed by atoms with Gasteiger partial charge in [-0.2, -0.15) is 0 Å². The van der Waals surface area contributed by atoms with E-state index in [0.717, 1.165) is 5.56 Å². The maximum atomic E-state index is 8.47. The Kier molecular flexibility index (Phi) is 4.45. The normalized spacial score (nSPS) is 11.5. The molecule has 0 aliphatic heterocycles. The molecule has 0 saturated heterocycles. The first-order valence-electron chi connectivity index (χ1n) is 5.54. The van der Waals surface area contributed by atoms with E-state index in [1.54, 1.807) is 6.07 Å². The highest BCUT2D eigenvalue weighted by Crippen LogP contribution is 2.22. The summed E-state index contributed by atoms with van der Waals surface area (Å²) in [5, 5.41) is 11.9. The fourth-order valence-electron chi connectivity index (χ4n) is 1.33. The minimum Gasteiger partial charge on any atom is -0.348 e. The predicted octanol–water partition coefficient (Wildman–Crippen LogP) is 3.26. The molecule has 18 heavy (non-hydrogen) atoms. The summed E-state index contributed by atoms with van der Waals surface area (Å²) in [6.45, 7) is 13.3. The van der Waals surface area contributed by atoms with Crippen LogP contribution in [0, 0.1) is 17.9 Å². The minimum absolute atomic E-state index is 0.121. The first kappa shape index (κ1) is 13.7. The van der Waals surface area contributed by atoms with Crippen LogP contribution in [0.1, 0.15) is 31.9 Å². The molecule has 0 unspecified atom stereocenters. The van der Waals surface area contributed by atoms with E-state index in [4.69, 9.17) is 16.7 Å². The van der Waals surface area contributed by atoms with Gasteiger partial charge in [0.25, 0.3) is 0 Å². The Labute approximate surface area is 107 Å². The Hall–Kier alpha value is -2.33. The van der Waals surface area contributed by atoms with Gasteiger partial charge in [0, 0.05) is 0 Å². The van der Waals surface area contributed by atoms with Gasteiger partial charge in [-0.3, -0.25) is 0 Å². The molecule has 4 heteroatoms. The topological polar surface area (TPSA) is 49.7 Å². The molecule has 0 aromatic heterocycles. The van der Waals surface area contributed by atoms with Crippen molar-refractivity contribution in [2.45, 2.75) is 32.8 Å². The van der Waals surface area contributed by atoms with Crippen LogP contribution in [0.4, 0.5) is 0 Å². The van der Waals surface area contributed by atoms with E-state index in [0.29, 0.717) is 0 Å². The SMILES string of the molecule is [C-]#[N+]/C(C#N)=N/OCc1ccc(C(C)(C)C)cc1.